The Hall–Kier alpha value is -0.120. The minimum Gasteiger partial charge on any atom is -0.314 e. The summed E-state index contributed by atoms with van der Waals surface area (Å²) < 4.78 is 0. The molecular formula is C11H23N3. The van der Waals surface area contributed by atoms with E-state index in [2.05, 4.69) is 36.0 Å². The lowest BCUT2D eigenvalue weighted by molar-refractivity contribution is 0.0284. The molecule has 82 valence electrons. The van der Waals surface area contributed by atoms with Gasteiger partial charge in [0.2, 0.25) is 0 Å². The molecule has 0 radical (unpaired) electrons. The number of hydrogen-bond donors (Lipinski definition) is 1. The second kappa shape index (κ2) is 4.17. The third-order valence-corrected chi connectivity index (χ3v) is 3.77. The molecule has 3 nitrogen and oxygen atoms in total. The summed E-state index contributed by atoms with van der Waals surface area (Å²) in [5.74, 6) is 0.774. The average molecular weight is 197 g/mol. The maximum atomic E-state index is 3.36. The van der Waals surface area contributed by atoms with E-state index < -0.39 is 0 Å². The van der Waals surface area contributed by atoms with Gasteiger partial charge >= 0.3 is 0 Å². The standard InChI is InChI=1S/C11H23N3/c1-9(2)11-8-14(5-4-13(11)3)10-6-12-7-10/h9-12H,4-8H2,1-3H3. The average Bonchev–Trinajstić information content (AvgIpc) is 2.04. The van der Waals surface area contributed by atoms with Gasteiger partial charge < -0.3 is 10.2 Å². The lowest BCUT2D eigenvalue weighted by Gasteiger charge is -2.47. The van der Waals surface area contributed by atoms with E-state index in [4.69, 9.17) is 0 Å². The number of nitrogens with one attached hydrogen (secondary N) is 1. The fourth-order valence-electron chi connectivity index (χ4n) is 2.51. The van der Waals surface area contributed by atoms with Gasteiger partial charge in [-0.25, -0.2) is 0 Å². The van der Waals surface area contributed by atoms with Crippen LogP contribution in [0.5, 0.6) is 0 Å². The minimum absolute atomic E-state index is 0.754. The molecule has 1 unspecified atom stereocenters. The molecule has 0 spiro atoms. The van der Waals surface area contributed by atoms with Gasteiger partial charge in [-0.1, -0.05) is 13.8 Å². The summed E-state index contributed by atoms with van der Waals surface area (Å²) in [5, 5.41) is 3.36. The Bertz CT molecular complexity index is 189. The van der Waals surface area contributed by atoms with Gasteiger partial charge in [-0.05, 0) is 13.0 Å². The van der Waals surface area contributed by atoms with Gasteiger partial charge in [-0.2, -0.15) is 0 Å². The van der Waals surface area contributed by atoms with E-state index in [0.29, 0.717) is 0 Å². The van der Waals surface area contributed by atoms with Crippen LogP contribution in [-0.4, -0.2) is 61.7 Å². The van der Waals surface area contributed by atoms with Crippen LogP contribution in [0.3, 0.4) is 0 Å². The van der Waals surface area contributed by atoms with Crippen molar-refractivity contribution < 1.29 is 0 Å². The van der Waals surface area contributed by atoms with E-state index in [1.165, 1.54) is 32.7 Å². The van der Waals surface area contributed by atoms with E-state index >= 15 is 0 Å². The molecule has 2 aliphatic rings. The summed E-state index contributed by atoms with van der Waals surface area (Å²) in [6.07, 6.45) is 0. The summed E-state index contributed by atoms with van der Waals surface area (Å²) >= 11 is 0. The van der Waals surface area contributed by atoms with Gasteiger partial charge in [-0.3, -0.25) is 4.90 Å². The first kappa shape index (κ1) is 10.4. The summed E-state index contributed by atoms with van der Waals surface area (Å²) in [6.45, 7) is 10.8. The van der Waals surface area contributed by atoms with Crippen LogP contribution in [0, 0.1) is 5.92 Å². The number of rotatable bonds is 2. The molecule has 3 heteroatoms. The molecule has 2 heterocycles. The van der Waals surface area contributed by atoms with Crippen molar-refractivity contribution in [3.8, 4) is 0 Å². The molecular weight excluding hydrogens is 174 g/mol. The number of likely N-dealkylation sites (N-methyl/N-ethyl adjacent to an activating group) is 1. The zero-order valence-corrected chi connectivity index (χ0v) is 9.66. The summed E-state index contributed by atoms with van der Waals surface area (Å²) in [6, 6.07) is 1.58. The second-order valence-corrected chi connectivity index (χ2v) is 5.10. The van der Waals surface area contributed by atoms with Crippen molar-refractivity contribution in [3.63, 3.8) is 0 Å². The third kappa shape index (κ3) is 1.95. The second-order valence-electron chi connectivity index (χ2n) is 5.10. The quantitative estimate of drug-likeness (QED) is 0.684. The molecule has 1 atom stereocenters. The van der Waals surface area contributed by atoms with E-state index in [9.17, 15) is 0 Å². The molecule has 0 aromatic carbocycles. The predicted octanol–water partition coefficient (Wildman–Crippen LogP) is 0.230. The Morgan fingerprint density at radius 1 is 1.21 bits per heavy atom. The molecule has 2 saturated heterocycles. The predicted molar refractivity (Wildman–Crippen MR) is 59.5 cm³/mol. The smallest absolute Gasteiger partial charge is 0.0346 e. The van der Waals surface area contributed by atoms with Crippen molar-refractivity contribution in [2.24, 2.45) is 5.92 Å². The van der Waals surface area contributed by atoms with Crippen molar-refractivity contribution in [3.05, 3.63) is 0 Å². The van der Waals surface area contributed by atoms with E-state index in [-0.39, 0.29) is 0 Å². The van der Waals surface area contributed by atoms with E-state index in [1.54, 1.807) is 0 Å². The maximum absolute atomic E-state index is 3.36. The fraction of sp³-hybridized carbons (Fsp3) is 1.00. The molecule has 0 amide bonds. The highest BCUT2D eigenvalue weighted by molar-refractivity contribution is 4.91. The summed E-state index contributed by atoms with van der Waals surface area (Å²) in [5.41, 5.74) is 0. The molecule has 0 aliphatic carbocycles. The molecule has 1 N–H and O–H groups in total. The Labute approximate surface area is 87.4 Å². The molecule has 0 aromatic rings. The Morgan fingerprint density at radius 3 is 2.43 bits per heavy atom. The monoisotopic (exact) mass is 197 g/mol. The molecule has 14 heavy (non-hydrogen) atoms. The van der Waals surface area contributed by atoms with Crippen LogP contribution in [0.2, 0.25) is 0 Å². The van der Waals surface area contributed by atoms with Gasteiger partial charge in [0.05, 0.1) is 0 Å². The lowest BCUT2D eigenvalue weighted by Crippen LogP contribution is -2.64. The number of piperazine rings is 1. The SMILES string of the molecule is CC(C)C1CN(C2CNC2)CCN1C. The van der Waals surface area contributed by atoms with Crippen molar-refractivity contribution >= 4 is 0 Å². The topological polar surface area (TPSA) is 18.5 Å². The lowest BCUT2D eigenvalue weighted by atomic mass is 9.98. The zero-order valence-electron chi connectivity index (χ0n) is 9.66. The zero-order chi connectivity index (χ0) is 10.1. The highest BCUT2D eigenvalue weighted by atomic mass is 15.3. The van der Waals surface area contributed by atoms with Gasteiger partial charge in [0.25, 0.3) is 0 Å². The van der Waals surface area contributed by atoms with Crippen LogP contribution in [0.25, 0.3) is 0 Å². The van der Waals surface area contributed by atoms with Gasteiger partial charge in [0.1, 0.15) is 0 Å². The molecule has 2 fully saturated rings. The molecule has 0 saturated carbocycles. The van der Waals surface area contributed by atoms with Crippen LogP contribution >= 0.6 is 0 Å². The molecule has 2 aliphatic heterocycles. The Kier molecular flexibility index (Phi) is 3.10. The fourth-order valence-corrected chi connectivity index (χ4v) is 2.51. The van der Waals surface area contributed by atoms with Gasteiger partial charge in [-0.15, -0.1) is 0 Å². The number of hydrogen-bond acceptors (Lipinski definition) is 3. The summed E-state index contributed by atoms with van der Waals surface area (Å²) in [4.78, 5) is 5.19. The Morgan fingerprint density at radius 2 is 1.93 bits per heavy atom. The first-order valence-corrected chi connectivity index (χ1v) is 5.83. The highest BCUT2D eigenvalue weighted by Crippen LogP contribution is 2.18. The van der Waals surface area contributed by atoms with Crippen molar-refractivity contribution in [2.75, 3.05) is 39.8 Å². The first-order chi connectivity index (χ1) is 6.68. The summed E-state index contributed by atoms with van der Waals surface area (Å²) in [7, 11) is 2.26. The molecule has 0 bridgehead atoms. The van der Waals surface area contributed by atoms with E-state index in [0.717, 1.165) is 18.0 Å². The third-order valence-electron chi connectivity index (χ3n) is 3.77. The van der Waals surface area contributed by atoms with Crippen LogP contribution in [0.4, 0.5) is 0 Å². The largest absolute Gasteiger partial charge is 0.314 e. The molecule has 0 aromatic heterocycles. The maximum Gasteiger partial charge on any atom is 0.0346 e. The van der Waals surface area contributed by atoms with Crippen molar-refractivity contribution in [1.29, 1.82) is 0 Å². The van der Waals surface area contributed by atoms with Crippen molar-refractivity contribution in [2.45, 2.75) is 25.9 Å². The van der Waals surface area contributed by atoms with Crippen molar-refractivity contribution in [1.82, 2.24) is 15.1 Å². The van der Waals surface area contributed by atoms with Crippen LogP contribution in [-0.2, 0) is 0 Å². The van der Waals surface area contributed by atoms with Gasteiger partial charge in [0, 0.05) is 44.8 Å². The van der Waals surface area contributed by atoms with Crippen LogP contribution in [0.15, 0.2) is 0 Å². The van der Waals surface area contributed by atoms with Gasteiger partial charge in [0.15, 0.2) is 0 Å². The number of nitrogens with zero attached hydrogens (tertiary/aromatic N) is 2. The van der Waals surface area contributed by atoms with Crippen LogP contribution in [0.1, 0.15) is 13.8 Å². The normalized spacial score (nSPS) is 32.1. The molecule has 2 rings (SSSR count). The minimum atomic E-state index is 0.754. The van der Waals surface area contributed by atoms with E-state index in [1.807, 2.05) is 0 Å². The highest BCUT2D eigenvalue weighted by Gasteiger charge is 2.32. The Balaban J connectivity index is 1.90. The first-order valence-electron chi connectivity index (χ1n) is 5.83. The van der Waals surface area contributed by atoms with Crippen LogP contribution < -0.4 is 5.32 Å².